The van der Waals surface area contributed by atoms with Crippen LogP contribution in [-0.2, 0) is 19.5 Å². The second-order valence-corrected chi connectivity index (χ2v) is 5.68. The zero-order valence-electron chi connectivity index (χ0n) is 12.3. The molecule has 1 aliphatic rings. The summed E-state index contributed by atoms with van der Waals surface area (Å²) < 4.78 is 0. The minimum atomic E-state index is 0.298. The Bertz CT molecular complexity index is 593. The molecule has 0 bridgehead atoms. The highest BCUT2D eigenvalue weighted by Crippen LogP contribution is 2.18. The van der Waals surface area contributed by atoms with E-state index in [-0.39, 0.29) is 0 Å². The zero-order chi connectivity index (χ0) is 14.7. The van der Waals surface area contributed by atoms with Crippen molar-refractivity contribution in [1.29, 1.82) is 0 Å². The second kappa shape index (κ2) is 6.24. The van der Waals surface area contributed by atoms with Crippen LogP contribution in [0.5, 0.6) is 0 Å². The summed E-state index contributed by atoms with van der Waals surface area (Å²) in [7, 11) is 0. The molecule has 1 atom stereocenters. The average Bonchev–Trinajstić information content (AvgIpc) is 2.91. The largest absolute Gasteiger partial charge is 0.367 e. The Balaban J connectivity index is 1.48. The summed E-state index contributed by atoms with van der Waals surface area (Å²) in [6.45, 7) is 6.05. The number of nitrogens with one attached hydrogen (secondary N) is 2. The van der Waals surface area contributed by atoms with E-state index in [0.29, 0.717) is 18.5 Å². The summed E-state index contributed by atoms with van der Waals surface area (Å²) in [6.07, 6.45) is 1.14. The topological polar surface area (TPSA) is 82.9 Å². The lowest BCUT2D eigenvalue weighted by molar-refractivity contribution is 0.228. The average molecular weight is 286 g/mol. The number of nitrogens with zero attached hydrogens (tertiary/aromatic N) is 3. The Morgan fingerprint density at radius 2 is 2.19 bits per heavy atom. The van der Waals surface area contributed by atoms with E-state index in [1.165, 1.54) is 11.1 Å². The molecule has 0 amide bonds. The second-order valence-electron chi connectivity index (χ2n) is 5.68. The van der Waals surface area contributed by atoms with Crippen molar-refractivity contribution < 1.29 is 0 Å². The molecule has 112 valence electrons. The van der Waals surface area contributed by atoms with Gasteiger partial charge >= 0.3 is 0 Å². The first-order chi connectivity index (χ1) is 10.2. The highest BCUT2D eigenvalue weighted by Gasteiger charge is 2.17. The highest BCUT2D eigenvalue weighted by molar-refractivity contribution is 5.29. The molecule has 3 rings (SSSR count). The van der Waals surface area contributed by atoms with E-state index in [1.54, 1.807) is 0 Å². The first-order valence-corrected chi connectivity index (χ1v) is 7.40. The van der Waals surface area contributed by atoms with Crippen LogP contribution in [0.15, 0.2) is 24.3 Å². The van der Waals surface area contributed by atoms with Crippen LogP contribution in [0.1, 0.15) is 23.9 Å². The molecule has 2 heterocycles. The molecule has 6 heteroatoms. The molecule has 0 spiro atoms. The lowest BCUT2D eigenvalue weighted by Gasteiger charge is -2.31. The molecule has 2 aromatic rings. The molecule has 0 unspecified atom stereocenters. The van der Waals surface area contributed by atoms with Crippen LogP contribution in [0.2, 0.25) is 0 Å². The minimum Gasteiger partial charge on any atom is -0.367 e. The van der Waals surface area contributed by atoms with Gasteiger partial charge < -0.3 is 11.1 Å². The van der Waals surface area contributed by atoms with Crippen molar-refractivity contribution in [3.8, 4) is 0 Å². The molecule has 6 nitrogen and oxygen atoms in total. The molecular weight excluding hydrogens is 264 g/mol. The molecule has 0 saturated heterocycles. The number of hydrogen-bond donors (Lipinski definition) is 3. The summed E-state index contributed by atoms with van der Waals surface area (Å²) in [6, 6.07) is 9.11. The monoisotopic (exact) mass is 286 g/mol. The van der Waals surface area contributed by atoms with Crippen molar-refractivity contribution in [1.82, 2.24) is 25.4 Å². The van der Waals surface area contributed by atoms with E-state index in [1.807, 2.05) is 0 Å². The summed E-state index contributed by atoms with van der Waals surface area (Å²) in [4.78, 5) is 6.59. The lowest BCUT2D eigenvalue weighted by Crippen LogP contribution is -2.41. The molecule has 0 aliphatic carbocycles. The predicted molar refractivity (Wildman–Crippen MR) is 82.5 cm³/mol. The zero-order valence-corrected chi connectivity index (χ0v) is 12.3. The van der Waals surface area contributed by atoms with Crippen LogP contribution < -0.4 is 11.1 Å². The molecule has 1 aromatic carbocycles. The van der Waals surface area contributed by atoms with Crippen molar-refractivity contribution in [2.45, 2.75) is 32.5 Å². The van der Waals surface area contributed by atoms with Crippen molar-refractivity contribution in [2.24, 2.45) is 0 Å². The van der Waals surface area contributed by atoms with Gasteiger partial charge in [0.05, 0.1) is 6.54 Å². The van der Waals surface area contributed by atoms with Crippen molar-refractivity contribution >= 4 is 5.95 Å². The van der Waals surface area contributed by atoms with Gasteiger partial charge in [-0.1, -0.05) is 24.3 Å². The maximum atomic E-state index is 5.49. The summed E-state index contributed by atoms with van der Waals surface area (Å²) >= 11 is 0. The SMILES string of the molecule is C[C@H](CN1CCc2ccccc2C1)NCc1nc(N)n[nH]1. The third kappa shape index (κ3) is 3.59. The Kier molecular flexibility index (Phi) is 4.17. The van der Waals surface area contributed by atoms with Gasteiger partial charge in [-0.25, -0.2) is 0 Å². The number of nitrogen functional groups attached to an aromatic ring is 1. The third-order valence-corrected chi connectivity index (χ3v) is 3.91. The number of aromatic nitrogens is 3. The highest BCUT2D eigenvalue weighted by atomic mass is 15.3. The quantitative estimate of drug-likeness (QED) is 0.761. The van der Waals surface area contributed by atoms with E-state index in [4.69, 9.17) is 5.73 Å². The standard InChI is InChI=1S/C15H22N6/c1-11(17-8-14-18-15(16)20-19-14)9-21-7-6-12-4-2-3-5-13(12)10-21/h2-5,11,17H,6-10H2,1H3,(H3,16,18,19,20)/t11-/m1/s1. The summed E-state index contributed by atoms with van der Waals surface area (Å²) in [5.74, 6) is 1.08. The van der Waals surface area contributed by atoms with Crippen LogP contribution in [0.3, 0.4) is 0 Å². The van der Waals surface area contributed by atoms with Gasteiger partial charge in [0.2, 0.25) is 5.95 Å². The third-order valence-electron chi connectivity index (χ3n) is 3.91. The number of benzene rings is 1. The van der Waals surface area contributed by atoms with E-state index < -0.39 is 0 Å². The van der Waals surface area contributed by atoms with Gasteiger partial charge in [-0.2, -0.15) is 4.98 Å². The predicted octanol–water partition coefficient (Wildman–Crippen LogP) is 0.923. The van der Waals surface area contributed by atoms with Crippen LogP contribution in [0.4, 0.5) is 5.95 Å². The van der Waals surface area contributed by atoms with Gasteiger partial charge in [-0.05, 0) is 24.5 Å². The number of nitrogens with two attached hydrogens (primary N) is 1. The maximum absolute atomic E-state index is 5.49. The molecule has 0 radical (unpaired) electrons. The Morgan fingerprint density at radius 3 is 2.95 bits per heavy atom. The normalized spacial score (nSPS) is 16.6. The minimum absolute atomic E-state index is 0.298. The van der Waals surface area contributed by atoms with Crippen molar-refractivity contribution in [3.63, 3.8) is 0 Å². The summed E-state index contributed by atoms with van der Waals surface area (Å²) in [5, 5.41) is 10.1. The number of aromatic amines is 1. The fraction of sp³-hybridized carbons (Fsp3) is 0.467. The fourth-order valence-corrected chi connectivity index (χ4v) is 2.82. The van der Waals surface area contributed by atoms with E-state index in [9.17, 15) is 0 Å². The Labute approximate surface area is 124 Å². The Hall–Kier alpha value is -1.92. The first-order valence-electron chi connectivity index (χ1n) is 7.40. The number of fused-ring (bicyclic) bond motifs is 1. The van der Waals surface area contributed by atoms with Gasteiger partial charge in [-0.15, -0.1) is 5.10 Å². The van der Waals surface area contributed by atoms with Crippen LogP contribution in [0, 0.1) is 0 Å². The van der Waals surface area contributed by atoms with Crippen molar-refractivity contribution in [2.75, 3.05) is 18.8 Å². The van der Waals surface area contributed by atoms with E-state index in [0.717, 1.165) is 31.9 Å². The molecule has 0 fully saturated rings. The lowest BCUT2D eigenvalue weighted by atomic mass is 10.00. The van der Waals surface area contributed by atoms with Crippen molar-refractivity contribution in [3.05, 3.63) is 41.2 Å². The van der Waals surface area contributed by atoms with Crippen LogP contribution in [-0.4, -0.2) is 39.2 Å². The van der Waals surface area contributed by atoms with Gasteiger partial charge in [0.1, 0.15) is 5.82 Å². The van der Waals surface area contributed by atoms with Gasteiger partial charge in [-0.3, -0.25) is 10.00 Å². The smallest absolute Gasteiger partial charge is 0.239 e. The Morgan fingerprint density at radius 1 is 1.38 bits per heavy atom. The maximum Gasteiger partial charge on any atom is 0.239 e. The number of anilines is 1. The van der Waals surface area contributed by atoms with Gasteiger partial charge in [0.25, 0.3) is 0 Å². The van der Waals surface area contributed by atoms with Crippen LogP contribution >= 0.6 is 0 Å². The molecule has 21 heavy (non-hydrogen) atoms. The molecular formula is C15H22N6. The molecule has 1 aliphatic heterocycles. The van der Waals surface area contributed by atoms with Gasteiger partial charge in [0.15, 0.2) is 0 Å². The first kappa shape index (κ1) is 14.0. The number of hydrogen-bond acceptors (Lipinski definition) is 5. The van der Waals surface area contributed by atoms with Gasteiger partial charge in [0, 0.05) is 25.7 Å². The molecule has 4 N–H and O–H groups in total. The molecule has 1 aromatic heterocycles. The van der Waals surface area contributed by atoms with E-state index in [2.05, 4.69) is 56.6 Å². The van der Waals surface area contributed by atoms with E-state index >= 15 is 0 Å². The summed E-state index contributed by atoms with van der Waals surface area (Å²) in [5.41, 5.74) is 8.44. The number of H-pyrrole nitrogens is 1. The number of rotatable bonds is 5. The molecule has 0 saturated carbocycles. The fourth-order valence-electron chi connectivity index (χ4n) is 2.82. The van der Waals surface area contributed by atoms with Crippen LogP contribution in [0.25, 0.3) is 0 Å².